The van der Waals surface area contributed by atoms with Crippen molar-refractivity contribution in [2.24, 2.45) is 0 Å². The van der Waals surface area contributed by atoms with Gasteiger partial charge in [-0.2, -0.15) is 0 Å². The van der Waals surface area contributed by atoms with Gasteiger partial charge in [-0.15, -0.1) is 0 Å². The molecule has 4 heteroatoms. The fraction of sp³-hybridized carbons (Fsp3) is 0.0291. The zero-order chi connectivity index (χ0) is 70.8. The van der Waals surface area contributed by atoms with E-state index in [4.69, 9.17) is 0 Å². The largest absolute Gasteiger partial charge is 0.310 e. The molecule has 0 atom stereocenters. The van der Waals surface area contributed by atoms with Gasteiger partial charge in [-0.25, -0.2) is 0 Å². The second-order valence-electron chi connectivity index (χ2n) is 29.3. The van der Waals surface area contributed by atoms with Gasteiger partial charge in [-0.05, 0) is 290 Å². The molecule has 502 valence electrons. The van der Waals surface area contributed by atoms with E-state index in [-0.39, 0.29) is 0 Å². The minimum Gasteiger partial charge on any atom is -0.310 e. The molecular weight excluding hydrogens is 1290 g/mol. The first-order valence-corrected chi connectivity index (χ1v) is 37.1. The van der Waals surface area contributed by atoms with Crippen LogP contribution in [0.5, 0.6) is 0 Å². The van der Waals surface area contributed by atoms with E-state index in [0.717, 1.165) is 89.8 Å². The Morgan fingerprint density at radius 2 is 0.411 bits per heavy atom. The molecule has 107 heavy (non-hydrogen) atoms. The number of anilines is 12. The summed E-state index contributed by atoms with van der Waals surface area (Å²) in [6.07, 6.45) is 0. The number of rotatable bonds is 12. The van der Waals surface area contributed by atoms with Crippen molar-refractivity contribution in [1.29, 1.82) is 0 Å². The van der Waals surface area contributed by atoms with Gasteiger partial charge in [0.25, 0.3) is 0 Å². The van der Waals surface area contributed by atoms with Crippen molar-refractivity contribution >= 4 is 176 Å². The number of fused-ring (bicyclic) bond motifs is 13. The summed E-state index contributed by atoms with van der Waals surface area (Å²) in [5, 5.41) is 23.7. The monoisotopic (exact) mass is 1360 g/mol. The zero-order valence-corrected chi connectivity index (χ0v) is 59.2. The zero-order valence-electron chi connectivity index (χ0n) is 59.2. The highest BCUT2D eigenvalue weighted by Gasteiger charge is 2.39. The lowest BCUT2D eigenvalue weighted by Gasteiger charge is -2.34. The smallest absolute Gasteiger partial charge is 0.0620 e. The maximum atomic E-state index is 2.59. The molecule has 0 N–H and O–H groups in total. The lowest BCUT2D eigenvalue weighted by molar-refractivity contribution is 0.661. The average Bonchev–Trinajstić information content (AvgIpc) is 1.65. The molecule has 0 aromatic heterocycles. The van der Waals surface area contributed by atoms with Crippen molar-refractivity contribution in [3.05, 3.63) is 399 Å². The summed E-state index contributed by atoms with van der Waals surface area (Å²) in [6.45, 7) is 4.89. The van der Waals surface area contributed by atoms with E-state index < -0.39 is 5.41 Å². The van der Waals surface area contributed by atoms with Crippen molar-refractivity contribution < 1.29 is 0 Å². The lowest BCUT2D eigenvalue weighted by Crippen LogP contribution is -2.18. The summed E-state index contributed by atoms with van der Waals surface area (Å²) in [4.78, 5) is 10.0. The van der Waals surface area contributed by atoms with Gasteiger partial charge in [0.2, 0.25) is 0 Å². The lowest BCUT2D eigenvalue weighted by atomic mass is 9.81. The van der Waals surface area contributed by atoms with Crippen LogP contribution in [0.3, 0.4) is 0 Å². The van der Waals surface area contributed by atoms with Gasteiger partial charge in [0.1, 0.15) is 0 Å². The van der Waals surface area contributed by atoms with Gasteiger partial charge in [-0.3, -0.25) is 0 Å². The normalized spacial score (nSPS) is 12.5. The van der Waals surface area contributed by atoms with Crippen molar-refractivity contribution in [3.63, 3.8) is 0 Å². The molecule has 0 aliphatic heterocycles. The highest BCUT2D eigenvalue weighted by Crippen LogP contribution is 2.58. The molecule has 0 saturated heterocycles. The van der Waals surface area contributed by atoms with E-state index in [1.807, 2.05) is 0 Å². The first-order chi connectivity index (χ1) is 52.7. The average molecular weight is 1360 g/mol. The highest BCUT2D eigenvalue weighted by atomic mass is 15.2. The molecule has 4 nitrogen and oxygen atoms in total. The molecule has 0 radical (unpaired) electrons. The summed E-state index contributed by atoms with van der Waals surface area (Å²) in [5.74, 6) is 0. The van der Waals surface area contributed by atoms with Crippen LogP contribution in [-0.4, -0.2) is 0 Å². The van der Waals surface area contributed by atoms with Crippen LogP contribution in [-0.2, 0) is 5.41 Å². The fourth-order valence-electron chi connectivity index (χ4n) is 17.4. The Kier molecular flexibility index (Phi) is 14.3. The van der Waals surface area contributed by atoms with Crippen molar-refractivity contribution in [2.75, 3.05) is 19.6 Å². The quantitative estimate of drug-likeness (QED) is 0.0893. The summed E-state index contributed by atoms with van der Waals surface area (Å²) in [7, 11) is 0. The summed E-state index contributed by atoms with van der Waals surface area (Å²) < 4.78 is 0. The summed E-state index contributed by atoms with van der Waals surface area (Å²) >= 11 is 0. The standard InChI is InChI=1S/C103H70N4/c1-103(2)99-64-92(105(84-33-9-4-10-34-84)88-44-40-76-52-68-24-16-20-28-72(68)56-80(76)60-88)47-49-93(99)95-65-97-98(66-100(95)103)101(106(85-35-11-5-12-36-85)89-45-41-77-53-69-25-17-21-29-73(69)57-81(77)61-89)94-50-48-91(104(83-31-7-3-8-32-83)87-43-39-75-51-67-23-15-19-27-71(67)55-79(75)59-87)63-96(94)102(97)107(86-37-13-6-14-38-86)90-46-42-78-54-70-26-18-22-30-74(70)58-82(78)62-90/h3-66H,1-2H3. The van der Waals surface area contributed by atoms with Crippen LogP contribution in [0.2, 0.25) is 0 Å². The number of hydrogen-bond acceptors (Lipinski definition) is 4. The molecule has 0 bridgehead atoms. The molecule has 1 aliphatic rings. The van der Waals surface area contributed by atoms with Crippen LogP contribution in [0.1, 0.15) is 25.0 Å². The van der Waals surface area contributed by atoms with E-state index in [1.165, 1.54) is 108 Å². The summed E-state index contributed by atoms with van der Waals surface area (Å²) in [5.41, 5.74) is 17.3. The number of hydrogen-bond donors (Lipinski definition) is 0. The van der Waals surface area contributed by atoms with Crippen LogP contribution < -0.4 is 19.6 Å². The van der Waals surface area contributed by atoms with E-state index in [1.54, 1.807) is 0 Å². The Morgan fingerprint density at radius 1 is 0.159 bits per heavy atom. The molecule has 0 amide bonds. The second kappa shape index (κ2) is 24.7. The van der Waals surface area contributed by atoms with E-state index in [0.29, 0.717) is 0 Å². The molecule has 0 fully saturated rings. The van der Waals surface area contributed by atoms with Gasteiger partial charge in [0.05, 0.1) is 11.4 Å². The van der Waals surface area contributed by atoms with E-state index in [9.17, 15) is 0 Å². The van der Waals surface area contributed by atoms with Gasteiger partial charge < -0.3 is 19.6 Å². The molecule has 0 heterocycles. The third-order valence-corrected chi connectivity index (χ3v) is 22.6. The van der Waals surface area contributed by atoms with Crippen molar-refractivity contribution in [3.8, 4) is 11.1 Å². The van der Waals surface area contributed by atoms with Gasteiger partial charge in [-0.1, -0.05) is 220 Å². The van der Waals surface area contributed by atoms with Gasteiger partial charge in [0.15, 0.2) is 0 Å². The number of nitrogens with zero attached hydrogens (tertiary/aromatic N) is 4. The van der Waals surface area contributed by atoms with Crippen LogP contribution in [0.25, 0.3) is 119 Å². The van der Waals surface area contributed by atoms with Crippen LogP contribution >= 0.6 is 0 Å². The molecule has 0 spiro atoms. The Hall–Kier alpha value is -13.8. The van der Waals surface area contributed by atoms with E-state index >= 15 is 0 Å². The Bertz CT molecular complexity index is 6990. The van der Waals surface area contributed by atoms with Crippen molar-refractivity contribution in [2.45, 2.75) is 19.3 Å². The highest BCUT2D eigenvalue weighted by molar-refractivity contribution is 6.26. The molecule has 1 aliphatic carbocycles. The van der Waals surface area contributed by atoms with Crippen molar-refractivity contribution in [1.82, 2.24) is 0 Å². The molecular formula is C103H70N4. The minimum absolute atomic E-state index is 0.472. The maximum Gasteiger partial charge on any atom is 0.0620 e. The molecule has 21 rings (SSSR count). The number of benzene rings is 20. The Balaban J connectivity index is 0.873. The third kappa shape index (κ3) is 10.4. The van der Waals surface area contributed by atoms with Gasteiger partial charge >= 0.3 is 0 Å². The summed E-state index contributed by atoms with van der Waals surface area (Å²) in [6, 6.07) is 145. The second-order valence-corrected chi connectivity index (χ2v) is 29.3. The molecule has 0 saturated carbocycles. The van der Waals surface area contributed by atoms with Crippen LogP contribution in [0.15, 0.2) is 388 Å². The predicted octanol–water partition coefficient (Wildman–Crippen LogP) is 29.4. The first kappa shape index (κ1) is 61.8. The molecule has 20 aromatic carbocycles. The first-order valence-electron chi connectivity index (χ1n) is 37.1. The topological polar surface area (TPSA) is 13.0 Å². The minimum atomic E-state index is -0.472. The number of para-hydroxylation sites is 4. The van der Waals surface area contributed by atoms with Crippen LogP contribution in [0, 0.1) is 0 Å². The third-order valence-electron chi connectivity index (χ3n) is 22.6. The Morgan fingerprint density at radius 3 is 0.785 bits per heavy atom. The fourth-order valence-corrected chi connectivity index (χ4v) is 17.4. The SMILES string of the molecule is CC1(C)c2cc(N(c3ccccc3)c3ccc4cc5ccccc5cc4c3)ccc2-c2cc3c(N(c4ccccc4)c4ccc5cc6ccccc6cc5c4)c4cc(N(c5ccccc5)c5ccc6cc7ccccc7cc6c5)ccc4c(N(c4ccccc4)c4ccc5cc6ccccc6cc5c4)c3cc21. The van der Waals surface area contributed by atoms with E-state index in [2.05, 4.69) is 422 Å². The Labute approximate surface area is 621 Å². The maximum absolute atomic E-state index is 2.59. The molecule has 20 aromatic rings. The molecule has 0 unspecified atom stereocenters. The van der Waals surface area contributed by atoms with Crippen LogP contribution in [0.4, 0.5) is 68.2 Å². The van der Waals surface area contributed by atoms with Gasteiger partial charge in [0, 0.05) is 83.8 Å². The predicted molar refractivity (Wildman–Crippen MR) is 458 cm³/mol.